The second-order valence-electron chi connectivity index (χ2n) is 6.78. The lowest BCUT2D eigenvalue weighted by Crippen LogP contribution is -2.24. The fourth-order valence-corrected chi connectivity index (χ4v) is 3.44. The van der Waals surface area contributed by atoms with Gasteiger partial charge in [0.05, 0.1) is 0 Å². The number of aromatic amines is 1. The lowest BCUT2D eigenvalue weighted by Gasteiger charge is -2.29. The molecule has 1 aliphatic carbocycles. The van der Waals surface area contributed by atoms with Crippen LogP contribution in [0, 0.1) is 10.7 Å². The molecular formula is C15H26N2S. The molecule has 0 saturated heterocycles. The Balaban J connectivity index is 2.42. The third-order valence-electron chi connectivity index (χ3n) is 4.23. The van der Waals surface area contributed by atoms with E-state index in [9.17, 15) is 0 Å². The molecule has 1 N–H and O–H groups in total. The van der Waals surface area contributed by atoms with Crippen LogP contribution in [0.3, 0.4) is 0 Å². The predicted octanol–water partition coefficient (Wildman–Crippen LogP) is 4.98. The molecule has 1 fully saturated rings. The van der Waals surface area contributed by atoms with Crippen molar-refractivity contribution >= 4 is 12.2 Å². The second kappa shape index (κ2) is 5.20. The molecule has 0 aliphatic heterocycles. The quantitative estimate of drug-likeness (QED) is 0.561. The molecular weight excluding hydrogens is 240 g/mol. The summed E-state index contributed by atoms with van der Waals surface area (Å²) in [7, 11) is 0. The average Bonchev–Trinajstić information content (AvgIpc) is 2.52. The Bertz CT molecular complexity index is 450. The van der Waals surface area contributed by atoms with Crippen molar-refractivity contribution in [2.24, 2.45) is 5.92 Å². The van der Waals surface area contributed by atoms with E-state index in [0.29, 0.717) is 6.04 Å². The Hall–Kier alpha value is -0.570. The summed E-state index contributed by atoms with van der Waals surface area (Å²) < 4.78 is 3.31. The highest BCUT2D eigenvalue weighted by Gasteiger charge is 2.27. The van der Waals surface area contributed by atoms with E-state index >= 15 is 0 Å². The molecule has 3 heteroatoms. The summed E-state index contributed by atoms with van der Waals surface area (Å²) in [6.45, 7) is 9.19. The Morgan fingerprint density at radius 3 is 2.56 bits per heavy atom. The lowest BCUT2D eigenvalue weighted by atomic mass is 9.90. The minimum Gasteiger partial charge on any atom is -0.337 e. The van der Waals surface area contributed by atoms with Gasteiger partial charge in [0.2, 0.25) is 0 Å². The number of aromatic nitrogens is 2. The van der Waals surface area contributed by atoms with Gasteiger partial charge in [0.1, 0.15) is 0 Å². The predicted molar refractivity (Wildman–Crippen MR) is 79.6 cm³/mol. The van der Waals surface area contributed by atoms with Gasteiger partial charge in [0, 0.05) is 23.3 Å². The number of nitrogens with one attached hydrogen (secondary N) is 1. The molecule has 0 bridgehead atoms. The van der Waals surface area contributed by atoms with Crippen molar-refractivity contribution in [3.8, 4) is 0 Å². The van der Waals surface area contributed by atoms with E-state index in [0.717, 1.165) is 10.7 Å². The number of hydrogen-bond acceptors (Lipinski definition) is 1. The standard InChI is InChI=1S/C15H26N2S/c1-11-8-6-5-7-9-12(11)17-13(15(2,3)4)10-16-14(17)18/h10-12H,5-9H2,1-4H3,(H,16,18). The monoisotopic (exact) mass is 266 g/mol. The zero-order valence-electron chi connectivity index (χ0n) is 12.1. The van der Waals surface area contributed by atoms with E-state index in [-0.39, 0.29) is 5.41 Å². The van der Waals surface area contributed by atoms with Crippen LogP contribution in [0.2, 0.25) is 0 Å². The maximum atomic E-state index is 5.53. The van der Waals surface area contributed by atoms with Crippen LogP contribution < -0.4 is 0 Å². The van der Waals surface area contributed by atoms with E-state index in [1.165, 1.54) is 37.8 Å². The Kier molecular flexibility index (Phi) is 4.00. The molecule has 0 spiro atoms. The first-order valence-electron chi connectivity index (χ1n) is 7.21. The molecule has 2 atom stereocenters. The third kappa shape index (κ3) is 2.71. The maximum absolute atomic E-state index is 5.53. The van der Waals surface area contributed by atoms with Gasteiger partial charge in [-0.25, -0.2) is 0 Å². The number of rotatable bonds is 1. The van der Waals surface area contributed by atoms with Crippen molar-refractivity contribution in [2.75, 3.05) is 0 Å². The Morgan fingerprint density at radius 1 is 1.22 bits per heavy atom. The van der Waals surface area contributed by atoms with E-state index in [2.05, 4.69) is 43.4 Å². The zero-order chi connectivity index (χ0) is 13.3. The highest BCUT2D eigenvalue weighted by atomic mass is 32.1. The van der Waals surface area contributed by atoms with E-state index in [1.54, 1.807) is 0 Å². The molecule has 1 aliphatic rings. The van der Waals surface area contributed by atoms with Gasteiger partial charge in [0.25, 0.3) is 0 Å². The number of imidazole rings is 1. The van der Waals surface area contributed by atoms with Crippen molar-refractivity contribution in [3.63, 3.8) is 0 Å². The highest BCUT2D eigenvalue weighted by molar-refractivity contribution is 7.71. The van der Waals surface area contributed by atoms with Gasteiger partial charge in [-0.05, 0) is 31.0 Å². The fraction of sp³-hybridized carbons (Fsp3) is 0.800. The number of nitrogens with zero attached hydrogens (tertiary/aromatic N) is 1. The van der Waals surface area contributed by atoms with E-state index in [1.807, 2.05) is 0 Å². The zero-order valence-corrected chi connectivity index (χ0v) is 12.9. The molecule has 2 nitrogen and oxygen atoms in total. The molecule has 1 aromatic rings. The minimum atomic E-state index is 0.152. The summed E-state index contributed by atoms with van der Waals surface area (Å²) in [5.74, 6) is 0.732. The summed E-state index contributed by atoms with van der Waals surface area (Å²) >= 11 is 5.53. The smallest absolute Gasteiger partial charge is 0.177 e. The molecule has 2 unspecified atom stereocenters. The van der Waals surface area contributed by atoms with Crippen molar-refractivity contribution in [2.45, 2.75) is 71.3 Å². The summed E-state index contributed by atoms with van der Waals surface area (Å²) in [6, 6.07) is 0.584. The number of H-pyrrole nitrogens is 1. The Morgan fingerprint density at radius 2 is 1.89 bits per heavy atom. The molecule has 102 valence electrons. The number of hydrogen-bond donors (Lipinski definition) is 1. The van der Waals surface area contributed by atoms with Crippen LogP contribution in [0.5, 0.6) is 0 Å². The summed E-state index contributed by atoms with van der Waals surface area (Å²) in [4.78, 5) is 3.26. The van der Waals surface area contributed by atoms with Gasteiger partial charge in [-0.1, -0.05) is 47.0 Å². The third-order valence-corrected chi connectivity index (χ3v) is 4.54. The van der Waals surface area contributed by atoms with Gasteiger partial charge >= 0.3 is 0 Å². The summed E-state index contributed by atoms with van der Waals surface area (Å²) in [6.07, 6.45) is 8.81. The van der Waals surface area contributed by atoms with Crippen LogP contribution >= 0.6 is 12.2 Å². The molecule has 2 rings (SSSR count). The lowest BCUT2D eigenvalue weighted by molar-refractivity contribution is 0.312. The molecule has 1 saturated carbocycles. The van der Waals surface area contributed by atoms with Crippen LogP contribution in [0.15, 0.2) is 6.20 Å². The van der Waals surface area contributed by atoms with Crippen LogP contribution in [0.4, 0.5) is 0 Å². The van der Waals surface area contributed by atoms with Crippen molar-refractivity contribution in [1.82, 2.24) is 9.55 Å². The first kappa shape index (κ1) is 13.9. The summed E-state index contributed by atoms with van der Waals surface area (Å²) in [5, 5.41) is 0. The van der Waals surface area contributed by atoms with Crippen LogP contribution in [0.25, 0.3) is 0 Å². The summed E-state index contributed by atoms with van der Waals surface area (Å²) in [5.41, 5.74) is 1.51. The molecule has 1 aromatic heterocycles. The Labute approximate surface area is 116 Å². The average molecular weight is 266 g/mol. The molecule has 18 heavy (non-hydrogen) atoms. The van der Waals surface area contributed by atoms with Gasteiger partial charge in [-0.3, -0.25) is 0 Å². The van der Waals surface area contributed by atoms with Crippen LogP contribution in [-0.2, 0) is 5.41 Å². The first-order chi connectivity index (χ1) is 8.41. The maximum Gasteiger partial charge on any atom is 0.177 e. The van der Waals surface area contributed by atoms with Crippen molar-refractivity contribution in [3.05, 3.63) is 16.7 Å². The second-order valence-corrected chi connectivity index (χ2v) is 7.17. The molecule has 0 radical (unpaired) electrons. The fourth-order valence-electron chi connectivity index (χ4n) is 3.14. The van der Waals surface area contributed by atoms with E-state index in [4.69, 9.17) is 12.2 Å². The normalized spacial score (nSPS) is 26.0. The van der Waals surface area contributed by atoms with Gasteiger partial charge in [-0.2, -0.15) is 0 Å². The largest absolute Gasteiger partial charge is 0.337 e. The molecule has 0 amide bonds. The first-order valence-corrected chi connectivity index (χ1v) is 7.62. The minimum absolute atomic E-state index is 0.152. The topological polar surface area (TPSA) is 20.7 Å². The van der Waals surface area contributed by atoms with E-state index < -0.39 is 0 Å². The van der Waals surface area contributed by atoms with Gasteiger partial charge < -0.3 is 9.55 Å². The highest BCUT2D eigenvalue weighted by Crippen LogP contribution is 2.36. The van der Waals surface area contributed by atoms with Crippen LogP contribution in [0.1, 0.15) is 71.5 Å². The van der Waals surface area contributed by atoms with Gasteiger partial charge in [0.15, 0.2) is 4.77 Å². The van der Waals surface area contributed by atoms with Crippen molar-refractivity contribution < 1.29 is 0 Å². The van der Waals surface area contributed by atoms with Crippen LogP contribution in [-0.4, -0.2) is 9.55 Å². The van der Waals surface area contributed by atoms with Gasteiger partial charge in [-0.15, -0.1) is 0 Å². The molecule has 0 aromatic carbocycles. The SMILES string of the molecule is CC1CCCCCC1n1c(C(C)(C)C)c[nH]c1=S. The molecule has 1 heterocycles. The van der Waals surface area contributed by atoms with Crippen molar-refractivity contribution in [1.29, 1.82) is 0 Å².